The van der Waals surface area contributed by atoms with Crippen molar-refractivity contribution >= 4 is 11.1 Å². The van der Waals surface area contributed by atoms with Gasteiger partial charge in [0.15, 0.2) is 11.5 Å². The zero-order valence-corrected chi connectivity index (χ0v) is 7.70. The first kappa shape index (κ1) is 8.10. The van der Waals surface area contributed by atoms with Crippen molar-refractivity contribution < 1.29 is 9.15 Å². The van der Waals surface area contributed by atoms with Crippen molar-refractivity contribution in [1.29, 1.82) is 0 Å². The fourth-order valence-corrected chi connectivity index (χ4v) is 1.23. The Morgan fingerprint density at radius 1 is 1.46 bits per heavy atom. The lowest BCUT2D eigenvalue weighted by atomic mass is 10.3. The second-order valence-electron chi connectivity index (χ2n) is 2.79. The molecule has 0 bridgehead atoms. The molecule has 0 N–H and O–H groups in total. The summed E-state index contributed by atoms with van der Waals surface area (Å²) in [6.07, 6.45) is 0.816. The molecule has 0 saturated carbocycles. The maximum absolute atomic E-state index is 5.47. The van der Waals surface area contributed by atoms with E-state index >= 15 is 0 Å². The summed E-state index contributed by atoms with van der Waals surface area (Å²) in [5.74, 6) is 1.56. The summed E-state index contributed by atoms with van der Waals surface area (Å²) in [5.41, 5.74) is 1.67. The lowest BCUT2D eigenvalue weighted by Crippen LogP contribution is -1.80. The summed E-state index contributed by atoms with van der Waals surface area (Å²) in [4.78, 5) is 4.28. The van der Waals surface area contributed by atoms with Crippen LogP contribution in [0.25, 0.3) is 11.1 Å². The van der Waals surface area contributed by atoms with Crippen LogP contribution in [0.2, 0.25) is 0 Å². The number of nitrogens with zero attached hydrogens (tertiary/aromatic N) is 1. The maximum Gasteiger partial charge on any atom is 0.195 e. The molecule has 3 nitrogen and oxygen atoms in total. The van der Waals surface area contributed by atoms with Crippen LogP contribution in [0, 0.1) is 0 Å². The van der Waals surface area contributed by atoms with Gasteiger partial charge < -0.3 is 9.15 Å². The van der Waals surface area contributed by atoms with Gasteiger partial charge in [0.25, 0.3) is 0 Å². The highest BCUT2D eigenvalue weighted by Crippen LogP contribution is 2.21. The van der Waals surface area contributed by atoms with Crippen LogP contribution in [0.3, 0.4) is 0 Å². The Bertz CT molecular complexity index is 418. The van der Waals surface area contributed by atoms with Gasteiger partial charge in [-0.05, 0) is 12.1 Å². The number of rotatable bonds is 2. The second kappa shape index (κ2) is 3.09. The molecule has 0 amide bonds. The molecular weight excluding hydrogens is 166 g/mol. The van der Waals surface area contributed by atoms with Crippen LogP contribution in [0.5, 0.6) is 5.75 Å². The molecule has 0 spiro atoms. The average molecular weight is 177 g/mol. The second-order valence-corrected chi connectivity index (χ2v) is 2.79. The van der Waals surface area contributed by atoms with E-state index in [1.54, 1.807) is 7.11 Å². The molecular formula is C10H11NO2. The Morgan fingerprint density at radius 2 is 2.31 bits per heavy atom. The first-order chi connectivity index (χ1) is 6.33. The normalized spacial score (nSPS) is 10.6. The van der Waals surface area contributed by atoms with Gasteiger partial charge in [0, 0.05) is 12.5 Å². The van der Waals surface area contributed by atoms with E-state index in [9.17, 15) is 0 Å². The fraction of sp³-hybridized carbons (Fsp3) is 0.300. The number of aryl methyl sites for hydroxylation is 1. The zero-order chi connectivity index (χ0) is 9.26. The smallest absolute Gasteiger partial charge is 0.195 e. The molecule has 3 heteroatoms. The Hall–Kier alpha value is -1.51. The number of oxazole rings is 1. The van der Waals surface area contributed by atoms with Crippen LogP contribution in [-0.2, 0) is 6.42 Å². The number of aromatic nitrogens is 1. The van der Waals surface area contributed by atoms with E-state index < -0.39 is 0 Å². The van der Waals surface area contributed by atoms with Crippen molar-refractivity contribution in [2.75, 3.05) is 7.11 Å². The van der Waals surface area contributed by atoms with Gasteiger partial charge in [-0.3, -0.25) is 0 Å². The summed E-state index contributed by atoms with van der Waals surface area (Å²) in [6, 6.07) is 5.63. The van der Waals surface area contributed by atoms with Crippen molar-refractivity contribution in [1.82, 2.24) is 4.98 Å². The number of hydrogen-bond donors (Lipinski definition) is 0. The molecule has 1 aromatic heterocycles. The average Bonchev–Trinajstić information content (AvgIpc) is 2.58. The molecule has 2 aromatic rings. The van der Waals surface area contributed by atoms with Gasteiger partial charge in [0.05, 0.1) is 7.11 Å². The molecule has 0 aliphatic heterocycles. The Morgan fingerprint density at radius 3 is 3.00 bits per heavy atom. The Balaban J connectivity index is 2.57. The van der Waals surface area contributed by atoms with Gasteiger partial charge >= 0.3 is 0 Å². The fourth-order valence-electron chi connectivity index (χ4n) is 1.23. The van der Waals surface area contributed by atoms with E-state index in [1.165, 1.54) is 0 Å². The molecule has 0 unspecified atom stereocenters. The molecule has 0 atom stereocenters. The molecule has 0 aliphatic carbocycles. The minimum absolute atomic E-state index is 0.767. The number of fused-ring (bicyclic) bond motifs is 1. The van der Waals surface area contributed by atoms with Gasteiger partial charge in [0.2, 0.25) is 0 Å². The molecule has 1 heterocycles. The van der Waals surface area contributed by atoms with Gasteiger partial charge in [-0.1, -0.05) is 6.92 Å². The van der Waals surface area contributed by atoms with E-state index in [1.807, 2.05) is 25.1 Å². The predicted molar refractivity (Wildman–Crippen MR) is 49.9 cm³/mol. The molecule has 0 radical (unpaired) electrons. The van der Waals surface area contributed by atoms with E-state index in [2.05, 4.69) is 4.98 Å². The van der Waals surface area contributed by atoms with Gasteiger partial charge in [-0.15, -0.1) is 0 Å². The minimum atomic E-state index is 0.767. The predicted octanol–water partition coefficient (Wildman–Crippen LogP) is 2.40. The molecule has 0 aliphatic rings. The van der Waals surface area contributed by atoms with E-state index in [0.29, 0.717) is 0 Å². The third-order valence-corrected chi connectivity index (χ3v) is 1.94. The van der Waals surface area contributed by atoms with Crippen LogP contribution in [-0.4, -0.2) is 12.1 Å². The van der Waals surface area contributed by atoms with Gasteiger partial charge in [0.1, 0.15) is 11.3 Å². The zero-order valence-electron chi connectivity index (χ0n) is 7.70. The Kier molecular flexibility index (Phi) is 1.93. The van der Waals surface area contributed by atoms with Crippen LogP contribution < -0.4 is 4.74 Å². The number of ether oxygens (including phenoxy) is 1. The number of benzene rings is 1. The van der Waals surface area contributed by atoms with E-state index in [4.69, 9.17) is 9.15 Å². The monoisotopic (exact) mass is 177 g/mol. The lowest BCUT2D eigenvalue weighted by molar-refractivity contribution is 0.414. The van der Waals surface area contributed by atoms with Crippen LogP contribution in [0.15, 0.2) is 22.6 Å². The van der Waals surface area contributed by atoms with Crippen LogP contribution >= 0.6 is 0 Å². The standard InChI is InChI=1S/C10H11NO2/c1-3-10-11-8-5-4-7(12-2)6-9(8)13-10/h4-6H,3H2,1-2H3. The van der Waals surface area contributed by atoms with Crippen molar-refractivity contribution in [3.63, 3.8) is 0 Å². The third-order valence-electron chi connectivity index (χ3n) is 1.94. The van der Waals surface area contributed by atoms with Gasteiger partial charge in [-0.2, -0.15) is 0 Å². The molecule has 13 heavy (non-hydrogen) atoms. The van der Waals surface area contributed by atoms with Gasteiger partial charge in [-0.25, -0.2) is 4.98 Å². The topological polar surface area (TPSA) is 35.3 Å². The molecule has 0 fully saturated rings. The third kappa shape index (κ3) is 1.37. The first-order valence-electron chi connectivity index (χ1n) is 4.27. The molecule has 0 saturated heterocycles. The molecule has 1 aromatic carbocycles. The Labute approximate surface area is 76.3 Å². The summed E-state index contributed by atoms with van der Waals surface area (Å²) in [6.45, 7) is 2.02. The largest absolute Gasteiger partial charge is 0.497 e. The summed E-state index contributed by atoms with van der Waals surface area (Å²) in [5, 5.41) is 0. The van der Waals surface area contributed by atoms with Crippen molar-refractivity contribution in [2.45, 2.75) is 13.3 Å². The minimum Gasteiger partial charge on any atom is -0.497 e. The van der Waals surface area contributed by atoms with E-state index in [-0.39, 0.29) is 0 Å². The summed E-state index contributed by atoms with van der Waals surface area (Å²) >= 11 is 0. The SMILES string of the molecule is CCc1nc2ccc(OC)cc2o1. The van der Waals surface area contributed by atoms with Crippen molar-refractivity contribution in [2.24, 2.45) is 0 Å². The summed E-state index contributed by atoms with van der Waals surface area (Å²) < 4.78 is 10.5. The summed E-state index contributed by atoms with van der Waals surface area (Å²) in [7, 11) is 1.64. The molecule has 68 valence electrons. The maximum atomic E-state index is 5.47. The highest BCUT2D eigenvalue weighted by Gasteiger charge is 2.04. The first-order valence-corrected chi connectivity index (χ1v) is 4.27. The highest BCUT2D eigenvalue weighted by atomic mass is 16.5. The number of methoxy groups -OCH3 is 1. The van der Waals surface area contributed by atoms with Crippen LogP contribution in [0.1, 0.15) is 12.8 Å². The van der Waals surface area contributed by atoms with Crippen LogP contribution in [0.4, 0.5) is 0 Å². The molecule has 2 rings (SSSR count). The van der Waals surface area contributed by atoms with Crippen molar-refractivity contribution in [3.8, 4) is 5.75 Å². The number of hydrogen-bond acceptors (Lipinski definition) is 3. The lowest BCUT2D eigenvalue weighted by Gasteiger charge is -1.95. The highest BCUT2D eigenvalue weighted by molar-refractivity contribution is 5.74. The van der Waals surface area contributed by atoms with E-state index in [0.717, 1.165) is 29.2 Å². The van der Waals surface area contributed by atoms with Crippen molar-refractivity contribution in [3.05, 3.63) is 24.1 Å². The quantitative estimate of drug-likeness (QED) is 0.706.